The third-order valence-corrected chi connectivity index (χ3v) is 5.48. The Morgan fingerprint density at radius 3 is 2.43 bits per heavy atom. The minimum atomic E-state index is -3.94. The molecule has 0 aliphatic rings. The average Bonchev–Trinajstić information content (AvgIpc) is 2.55. The van der Waals surface area contributed by atoms with E-state index in [1.807, 2.05) is 0 Å². The summed E-state index contributed by atoms with van der Waals surface area (Å²) in [6.07, 6.45) is 1.21. The van der Waals surface area contributed by atoms with Crippen LogP contribution in [0.15, 0.2) is 63.2 Å². The van der Waals surface area contributed by atoms with E-state index < -0.39 is 15.3 Å². The molecule has 0 radical (unpaired) electrons. The number of sulfone groups is 1. The van der Waals surface area contributed by atoms with E-state index in [-0.39, 0.29) is 15.2 Å². The molecule has 23 heavy (non-hydrogen) atoms. The lowest BCUT2D eigenvalue weighted by Crippen LogP contribution is -2.16. The van der Waals surface area contributed by atoms with Gasteiger partial charge < -0.3 is 9.72 Å². The first-order valence-electron chi connectivity index (χ1n) is 6.63. The fourth-order valence-electron chi connectivity index (χ4n) is 2.25. The van der Waals surface area contributed by atoms with Crippen LogP contribution < -0.4 is 10.2 Å². The first kappa shape index (κ1) is 15.6. The van der Waals surface area contributed by atoms with Crippen LogP contribution in [0, 0.1) is 0 Å². The second-order valence-electron chi connectivity index (χ2n) is 4.85. The summed E-state index contributed by atoms with van der Waals surface area (Å²) in [5, 5.41) is 0.592. The van der Waals surface area contributed by atoms with Gasteiger partial charge in [-0.2, -0.15) is 0 Å². The molecule has 5 nitrogen and oxygen atoms in total. The van der Waals surface area contributed by atoms with Crippen molar-refractivity contribution in [2.24, 2.45) is 0 Å². The molecule has 1 heterocycles. The SMILES string of the molecule is COc1ccc(S(=O)(=O)c2c[nH]c3ccc(Cl)cc3c2=O)cc1. The number of pyridine rings is 1. The molecule has 0 spiro atoms. The zero-order valence-electron chi connectivity index (χ0n) is 12.0. The molecule has 0 bridgehead atoms. The Morgan fingerprint density at radius 1 is 1.09 bits per heavy atom. The lowest BCUT2D eigenvalue weighted by Gasteiger charge is -2.07. The highest BCUT2D eigenvalue weighted by molar-refractivity contribution is 7.91. The van der Waals surface area contributed by atoms with E-state index in [4.69, 9.17) is 16.3 Å². The molecule has 0 aliphatic carbocycles. The van der Waals surface area contributed by atoms with Gasteiger partial charge in [0.1, 0.15) is 10.6 Å². The van der Waals surface area contributed by atoms with Gasteiger partial charge in [-0.1, -0.05) is 11.6 Å². The minimum Gasteiger partial charge on any atom is -0.497 e. The number of halogens is 1. The molecule has 0 saturated carbocycles. The van der Waals surface area contributed by atoms with E-state index in [1.165, 1.54) is 43.6 Å². The van der Waals surface area contributed by atoms with Crippen molar-refractivity contribution in [3.8, 4) is 5.75 Å². The number of H-pyrrole nitrogens is 1. The van der Waals surface area contributed by atoms with Gasteiger partial charge in [0.2, 0.25) is 15.3 Å². The van der Waals surface area contributed by atoms with Crippen molar-refractivity contribution in [2.75, 3.05) is 7.11 Å². The Hall–Kier alpha value is -2.31. The number of hydrogen-bond acceptors (Lipinski definition) is 4. The highest BCUT2D eigenvalue weighted by Crippen LogP contribution is 2.23. The Balaban J connectivity index is 2.21. The molecular weight excluding hydrogens is 338 g/mol. The lowest BCUT2D eigenvalue weighted by atomic mass is 10.2. The largest absolute Gasteiger partial charge is 0.497 e. The van der Waals surface area contributed by atoms with Crippen molar-refractivity contribution in [3.05, 3.63) is 63.9 Å². The zero-order chi connectivity index (χ0) is 16.6. The van der Waals surface area contributed by atoms with Crippen LogP contribution >= 0.6 is 11.6 Å². The van der Waals surface area contributed by atoms with Gasteiger partial charge >= 0.3 is 0 Å². The number of aromatic amines is 1. The maximum absolute atomic E-state index is 12.7. The van der Waals surface area contributed by atoms with Crippen molar-refractivity contribution in [3.63, 3.8) is 0 Å². The molecule has 3 aromatic rings. The number of benzene rings is 2. The summed E-state index contributed by atoms with van der Waals surface area (Å²) >= 11 is 5.89. The van der Waals surface area contributed by atoms with Gasteiger partial charge in [-0.15, -0.1) is 0 Å². The normalized spacial score (nSPS) is 11.6. The smallest absolute Gasteiger partial charge is 0.211 e. The van der Waals surface area contributed by atoms with Gasteiger partial charge in [-0.05, 0) is 42.5 Å². The van der Waals surface area contributed by atoms with Gasteiger partial charge in [0.05, 0.1) is 12.0 Å². The second kappa shape index (κ2) is 5.72. The van der Waals surface area contributed by atoms with Crippen LogP contribution in [0.2, 0.25) is 5.02 Å². The van der Waals surface area contributed by atoms with Crippen LogP contribution in [-0.2, 0) is 9.84 Å². The maximum atomic E-state index is 12.7. The summed E-state index contributed by atoms with van der Waals surface area (Å²) in [4.78, 5) is 15.1. The molecule has 0 unspecified atom stereocenters. The molecule has 0 aliphatic heterocycles. The van der Waals surface area contributed by atoms with E-state index in [1.54, 1.807) is 12.1 Å². The molecule has 3 rings (SSSR count). The molecule has 0 atom stereocenters. The first-order valence-corrected chi connectivity index (χ1v) is 8.49. The van der Waals surface area contributed by atoms with Crippen molar-refractivity contribution >= 4 is 32.3 Å². The molecule has 1 aromatic heterocycles. The molecule has 2 aromatic carbocycles. The summed E-state index contributed by atoms with van der Waals surface area (Å²) in [7, 11) is -2.45. The molecule has 7 heteroatoms. The average molecular weight is 350 g/mol. The molecule has 0 saturated heterocycles. The van der Waals surface area contributed by atoms with Crippen LogP contribution in [-0.4, -0.2) is 20.5 Å². The molecular formula is C16H12ClNO4S. The maximum Gasteiger partial charge on any atom is 0.211 e. The van der Waals surface area contributed by atoms with Crippen molar-refractivity contribution in [2.45, 2.75) is 9.79 Å². The van der Waals surface area contributed by atoms with Crippen molar-refractivity contribution < 1.29 is 13.2 Å². The first-order chi connectivity index (χ1) is 10.9. The van der Waals surface area contributed by atoms with Gasteiger partial charge in [0.25, 0.3) is 0 Å². The Labute approximate surface area is 137 Å². The summed E-state index contributed by atoms with van der Waals surface area (Å²) in [6, 6.07) is 10.5. The summed E-state index contributed by atoms with van der Waals surface area (Å²) in [5.41, 5.74) is -0.0647. The summed E-state index contributed by atoms with van der Waals surface area (Å²) < 4.78 is 30.4. The number of methoxy groups -OCH3 is 1. The topological polar surface area (TPSA) is 76.2 Å². The van der Waals surface area contributed by atoms with Crippen molar-refractivity contribution in [1.29, 1.82) is 0 Å². The van der Waals surface area contributed by atoms with E-state index in [2.05, 4.69) is 4.98 Å². The van der Waals surface area contributed by atoms with Crippen LogP contribution in [0.3, 0.4) is 0 Å². The molecule has 1 N–H and O–H groups in total. The van der Waals surface area contributed by atoms with Gasteiger partial charge in [0, 0.05) is 22.1 Å². The lowest BCUT2D eigenvalue weighted by molar-refractivity contribution is 0.414. The number of hydrogen-bond donors (Lipinski definition) is 1. The fraction of sp³-hybridized carbons (Fsp3) is 0.0625. The van der Waals surface area contributed by atoms with Crippen LogP contribution in [0.5, 0.6) is 5.75 Å². The highest BCUT2D eigenvalue weighted by Gasteiger charge is 2.22. The van der Waals surface area contributed by atoms with E-state index >= 15 is 0 Å². The zero-order valence-corrected chi connectivity index (χ0v) is 13.6. The predicted molar refractivity (Wildman–Crippen MR) is 88.0 cm³/mol. The van der Waals surface area contributed by atoms with Crippen LogP contribution in [0.25, 0.3) is 10.9 Å². The summed E-state index contributed by atoms with van der Waals surface area (Å²) in [6.45, 7) is 0. The second-order valence-corrected chi connectivity index (χ2v) is 7.21. The minimum absolute atomic E-state index is 0.0187. The Kier molecular flexibility index (Phi) is 3.87. The molecule has 0 amide bonds. The highest BCUT2D eigenvalue weighted by atomic mass is 35.5. The number of aromatic nitrogens is 1. The number of nitrogens with one attached hydrogen (secondary N) is 1. The van der Waals surface area contributed by atoms with E-state index in [0.717, 1.165) is 0 Å². The standard InChI is InChI=1S/C16H12ClNO4S/c1-22-11-3-5-12(6-4-11)23(20,21)15-9-18-14-7-2-10(17)8-13(14)16(15)19/h2-9H,1H3,(H,18,19). The fourth-order valence-corrected chi connectivity index (χ4v) is 3.74. The number of rotatable bonds is 3. The summed E-state index contributed by atoms with van der Waals surface area (Å²) in [5.74, 6) is 0.531. The number of fused-ring (bicyclic) bond motifs is 1. The monoisotopic (exact) mass is 349 g/mol. The third kappa shape index (κ3) is 2.71. The van der Waals surface area contributed by atoms with Gasteiger partial charge in [-0.3, -0.25) is 4.79 Å². The Morgan fingerprint density at radius 2 is 1.78 bits per heavy atom. The van der Waals surface area contributed by atoms with Crippen LogP contribution in [0.4, 0.5) is 0 Å². The van der Waals surface area contributed by atoms with Crippen molar-refractivity contribution in [1.82, 2.24) is 4.98 Å². The van der Waals surface area contributed by atoms with Gasteiger partial charge in [0.15, 0.2) is 0 Å². The van der Waals surface area contributed by atoms with E-state index in [0.29, 0.717) is 16.3 Å². The number of ether oxygens (including phenoxy) is 1. The predicted octanol–water partition coefficient (Wildman–Crippen LogP) is 3.02. The van der Waals surface area contributed by atoms with Crippen LogP contribution in [0.1, 0.15) is 0 Å². The van der Waals surface area contributed by atoms with Gasteiger partial charge in [-0.25, -0.2) is 8.42 Å². The Bertz CT molecular complexity index is 1040. The quantitative estimate of drug-likeness (QED) is 0.788. The molecule has 118 valence electrons. The third-order valence-electron chi connectivity index (χ3n) is 3.47. The van der Waals surface area contributed by atoms with E-state index in [9.17, 15) is 13.2 Å². The molecule has 0 fully saturated rings.